The van der Waals surface area contributed by atoms with Gasteiger partial charge in [-0.3, -0.25) is 14.3 Å². The Hall–Kier alpha value is -2.38. The van der Waals surface area contributed by atoms with Crippen LogP contribution in [0.1, 0.15) is 20.3 Å². The van der Waals surface area contributed by atoms with Crippen LogP contribution in [0.4, 0.5) is 0 Å². The summed E-state index contributed by atoms with van der Waals surface area (Å²) in [5, 5.41) is 10.1. The number of piperidine rings is 1. The molecule has 4 rings (SSSR count). The predicted molar refractivity (Wildman–Crippen MR) is 120 cm³/mol. The van der Waals surface area contributed by atoms with Crippen molar-refractivity contribution in [3.8, 4) is 17.1 Å². The number of benzene rings is 1. The minimum absolute atomic E-state index is 0.148. The fourth-order valence-corrected chi connectivity index (χ4v) is 4.94. The summed E-state index contributed by atoms with van der Waals surface area (Å²) in [7, 11) is 0. The summed E-state index contributed by atoms with van der Waals surface area (Å²) >= 11 is 7.49. The summed E-state index contributed by atoms with van der Waals surface area (Å²) in [5.41, 5.74) is 1.80. The van der Waals surface area contributed by atoms with E-state index in [2.05, 4.69) is 29.0 Å². The van der Waals surface area contributed by atoms with Gasteiger partial charge in [0.15, 0.2) is 11.0 Å². The average Bonchev–Trinajstić information content (AvgIpc) is 3.16. The summed E-state index contributed by atoms with van der Waals surface area (Å²) in [5.74, 6) is 2.27. The molecule has 8 heteroatoms. The van der Waals surface area contributed by atoms with Crippen molar-refractivity contribution in [2.45, 2.75) is 25.4 Å². The molecule has 1 saturated heterocycles. The standard InChI is InChI=1S/C22H24ClN5OS/c1-15-11-16(2)13-27(12-15)20(29)14-30-22-26-25-21(17-7-9-24-10-8-17)28(22)19-5-3-18(23)4-6-19/h3-10,15-16H,11-14H2,1-2H3/t15-,16-/m1/s1. The van der Waals surface area contributed by atoms with Gasteiger partial charge in [0.1, 0.15) is 0 Å². The Bertz CT molecular complexity index is 998. The van der Waals surface area contributed by atoms with Gasteiger partial charge < -0.3 is 4.90 Å². The van der Waals surface area contributed by atoms with Gasteiger partial charge in [-0.25, -0.2) is 0 Å². The van der Waals surface area contributed by atoms with Crippen LogP contribution in [0.15, 0.2) is 53.9 Å². The van der Waals surface area contributed by atoms with Gasteiger partial charge in [0.2, 0.25) is 5.91 Å². The number of likely N-dealkylation sites (tertiary alicyclic amines) is 1. The molecule has 2 atom stereocenters. The summed E-state index contributed by atoms with van der Waals surface area (Å²) in [6.07, 6.45) is 4.63. The Morgan fingerprint density at radius 1 is 1.07 bits per heavy atom. The lowest BCUT2D eigenvalue weighted by molar-refractivity contribution is -0.130. The number of nitrogens with zero attached hydrogens (tertiary/aromatic N) is 5. The molecule has 3 aromatic rings. The highest BCUT2D eigenvalue weighted by Gasteiger charge is 2.26. The lowest BCUT2D eigenvalue weighted by Gasteiger charge is -2.34. The van der Waals surface area contributed by atoms with Crippen LogP contribution < -0.4 is 0 Å². The molecule has 1 fully saturated rings. The first kappa shape index (κ1) is 20.9. The normalized spacial score (nSPS) is 19.1. The van der Waals surface area contributed by atoms with E-state index in [1.54, 1.807) is 12.4 Å². The van der Waals surface area contributed by atoms with Crippen molar-refractivity contribution in [3.63, 3.8) is 0 Å². The van der Waals surface area contributed by atoms with Crippen molar-refractivity contribution < 1.29 is 4.79 Å². The van der Waals surface area contributed by atoms with E-state index >= 15 is 0 Å². The van der Waals surface area contributed by atoms with E-state index in [4.69, 9.17) is 11.6 Å². The molecular weight excluding hydrogens is 418 g/mol. The van der Waals surface area contributed by atoms with Crippen LogP contribution >= 0.6 is 23.4 Å². The van der Waals surface area contributed by atoms with E-state index in [0.29, 0.717) is 33.6 Å². The Labute approximate surface area is 185 Å². The number of thioether (sulfide) groups is 1. The summed E-state index contributed by atoms with van der Waals surface area (Å²) in [6.45, 7) is 6.08. The molecule has 0 saturated carbocycles. The zero-order valence-electron chi connectivity index (χ0n) is 17.0. The number of carbonyl (C=O) groups excluding carboxylic acids is 1. The molecule has 0 aliphatic carbocycles. The molecule has 6 nitrogen and oxygen atoms in total. The fourth-order valence-electron chi connectivity index (χ4n) is 3.96. The molecule has 1 aromatic carbocycles. The minimum atomic E-state index is 0.148. The van der Waals surface area contributed by atoms with Crippen LogP contribution in [0.2, 0.25) is 5.02 Å². The maximum absolute atomic E-state index is 12.9. The zero-order valence-corrected chi connectivity index (χ0v) is 18.6. The lowest BCUT2D eigenvalue weighted by Crippen LogP contribution is -2.43. The Morgan fingerprint density at radius 3 is 2.40 bits per heavy atom. The van der Waals surface area contributed by atoms with E-state index < -0.39 is 0 Å². The van der Waals surface area contributed by atoms with Gasteiger partial charge in [0.25, 0.3) is 0 Å². The molecule has 1 amide bonds. The molecule has 30 heavy (non-hydrogen) atoms. The smallest absolute Gasteiger partial charge is 0.233 e. The van der Waals surface area contributed by atoms with Gasteiger partial charge in [-0.2, -0.15) is 0 Å². The quantitative estimate of drug-likeness (QED) is 0.542. The second-order valence-electron chi connectivity index (χ2n) is 7.89. The van der Waals surface area contributed by atoms with Gasteiger partial charge in [0.05, 0.1) is 5.75 Å². The molecule has 2 aromatic heterocycles. The second-order valence-corrected chi connectivity index (χ2v) is 9.27. The fraction of sp³-hybridized carbons (Fsp3) is 0.364. The third kappa shape index (κ3) is 4.68. The molecule has 156 valence electrons. The van der Waals surface area contributed by atoms with E-state index in [0.717, 1.165) is 24.3 Å². The summed E-state index contributed by atoms with van der Waals surface area (Å²) < 4.78 is 1.96. The van der Waals surface area contributed by atoms with E-state index in [9.17, 15) is 4.79 Å². The zero-order chi connectivity index (χ0) is 21.1. The number of carbonyl (C=O) groups is 1. The first-order valence-corrected chi connectivity index (χ1v) is 11.4. The minimum Gasteiger partial charge on any atom is -0.341 e. The highest BCUT2D eigenvalue weighted by atomic mass is 35.5. The number of pyridine rings is 1. The molecule has 0 N–H and O–H groups in total. The molecule has 0 radical (unpaired) electrons. The molecule has 0 spiro atoms. The maximum Gasteiger partial charge on any atom is 0.233 e. The van der Waals surface area contributed by atoms with Gasteiger partial charge in [0, 0.05) is 41.8 Å². The first-order valence-electron chi connectivity index (χ1n) is 10.0. The third-order valence-electron chi connectivity index (χ3n) is 5.20. The van der Waals surface area contributed by atoms with E-state index in [-0.39, 0.29) is 5.91 Å². The highest BCUT2D eigenvalue weighted by Crippen LogP contribution is 2.29. The second kappa shape index (κ2) is 9.18. The van der Waals surface area contributed by atoms with Crippen molar-refractivity contribution in [1.29, 1.82) is 0 Å². The molecule has 1 aliphatic heterocycles. The molecule has 3 heterocycles. The summed E-state index contributed by atoms with van der Waals surface area (Å²) in [4.78, 5) is 18.9. The number of halogens is 1. The van der Waals surface area contributed by atoms with Crippen molar-refractivity contribution >= 4 is 29.3 Å². The van der Waals surface area contributed by atoms with Crippen LogP contribution in [0.5, 0.6) is 0 Å². The molecule has 0 unspecified atom stereocenters. The number of hydrogen-bond donors (Lipinski definition) is 0. The van der Waals surface area contributed by atoms with Gasteiger partial charge in [-0.05, 0) is 54.7 Å². The Morgan fingerprint density at radius 2 is 1.73 bits per heavy atom. The lowest BCUT2D eigenvalue weighted by atomic mass is 9.92. The van der Waals surface area contributed by atoms with Crippen LogP contribution in [0.3, 0.4) is 0 Å². The van der Waals surface area contributed by atoms with Crippen LogP contribution in [-0.2, 0) is 4.79 Å². The van der Waals surface area contributed by atoms with Gasteiger partial charge >= 0.3 is 0 Å². The molecular formula is C22H24ClN5OS. The molecule has 1 aliphatic rings. The number of amides is 1. The average molecular weight is 442 g/mol. The molecule has 0 bridgehead atoms. The Balaban J connectivity index is 1.59. The van der Waals surface area contributed by atoms with Crippen LogP contribution in [0.25, 0.3) is 17.1 Å². The van der Waals surface area contributed by atoms with Gasteiger partial charge in [-0.1, -0.05) is 37.2 Å². The van der Waals surface area contributed by atoms with Crippen molar-refractivity contribution in [2.24, 2.45) is 11.8 Å². The highest BCUT2D eigenvalue weighted by molar-refractivity contribution is 7.99. The number of aromatic nitrogens is 4. The SMILES string of the molecule is C[C@@H]1C[C@@H](C)CN(C(=O)CSc2nnc(-c3ccncc3)n2-c2ccc(Cl)cc2)C1. The Kier molecular flexibility index (Phi) is 6.39. The van der Waals surface area contributed by atoms with Crippen molar-refractivity contribution in [2.75, 3.05) is 18.8 Å². The largest absolute Gasteiger partial charge is 0.341 e. The topological polar surface area (TPSA) is 63.9 Å². The van der Waals surface area contributed by atoms with Crippen LogP contribution in [-0.4, -0.2) is 49.4 Å². The maximum atomic E-state index is 12.9. The number of hydrogen-bond acceptors (Lipinski definition) is 5. The van der Waals surface area contributed by atoms with Crippen LogP contribution in [0, 0.1) is 11.8 Å². The van der Waals surface area contributed by atoms with Gasteiger partial charge in [-0.15, -0.1) is 10.2 Å². The van der Waals surface area contributed by atoms with Crippen molar-refractivity contribution in [1.82, 2.24) is 24.6 Å². The van der Waals surface area contributed by atoms with E-state index in [1.807, 2.05) is 45.9 Å². The van der Waals surface area contributed by atoms with Crippen molar-refractivity contribution in [3.05, 3.63) is 53.8 Å². The summed E-state index contributed by atoms with van der Waals surface area (Å²) in [6, 6.07) is 11.3. The first-order chi connectivity index (χ1) is 14.5. The predicted octanol–water partition coefficient (Wildman–Crippen LogP) is 4.58. The van der Waals surface area contributed by atoms with E-state index in [1.165, 1.54) is 18.2 Å². The third-order valence-corrected chi connectivity index (χ3v) is 6.37. The monoisotopic (exact) mass is 441 g/mol. The number of rotatable bonds is 5.